The van der Waals surface area contributed by atoms with Crippen molar-refractivity contribution >= 4 is 23.5 Å². The molecule has 1 saturated heterocycles. The second-order valence-electron chi connectivity index (χ2n) is 5.11. The lowest BCUT2D eigenvalue weighted by Crippen LogP contribution is -2.28. The lowest BCUT2D eigenvalue weighted by atomic mass is 10.2. The van der Waals surface area contributed by atoms with Gasteiger partial charge in [-0.3, -0.25) is 4.90 Å². The van der Waals surface area contributed by atoms with Gasteiger partial charge in [0.25, 0.3) is 0 Å². The van der Waals surface area contributed by atoms with Crippen molar-refractivity contribution in [3.8, 4) is 0 Å². The molecule has 118 valence electrons. The predicted molar refractivity (Wildman–Crippen MR) is 87.4 cm³/mol. The quantitative estimate of drug-likeness (QED) is 0.912. The third-order valence-electron chi connectivity index (χ3n) is 3.49. The molecule has 0 aliphatic carbocycles. The average molecular weight is 311 g/mol. The number of hydrogen-bond donors (Lipinski definition) is 2. The molecule has 2 aromatic rings. The van der Waals surface area contributed by atoms with Crippen LogP contribution in [0, 0.1) is 0 Å². The summed E-state index contributed by atoms with van der Waals surface area (Å²) in [4.78, 5) is 24.9. The number of nitrogens with zero attached hydrogens (tertiary/aromatic N) is 1. The molecule has 0 spiro atoms. The lowest BCUT2D eigenvalue weighted by molar-refractivity contribution is 0.181. The Morgan fingerprint density at radius 2 is 1.83 bits per heavy atom. The first-order valence-corrected chi connectivity index (χ1v) is 7.35. The highest BCUT2D eigenvalue weighted by Crippen LogP contribution is 2.20. The zero-order chi connectivity index (χ0) is 16.1. The maximum absolute atomic E-state index is 11.9. The van der Waals surface area contributed by atoms with E-state index < -0.39 is 0 Å². The number of hydrogen-bond acceptors (Lipinski definition) is 3. The number of ether oxygens (including phenoxy) is 1. The molecule has 0 radical (unpaired) electrons. The van der Waals surface area contributed by atoms with Crippen LogP contribution in [-0.2, 0) is 11.3 Å². The van der Waals surface area contributed by atoms with E-state index in [2.05, 4.69) is 10.6 Å². The van der Waals surface area contributed by atoms with E-state index in [4.69, 9.17) is 4.74 Å². The van der Waals surface area contributed by atoms with E-state index >= 15 is 0 Å². The molecule has 0 bridgehead atoms. The van der Waals surface area contributed by atoms with Gasteiger partial charge in [0.05, 0.1) is 6.54 Å². The summed E-state index contributed by atoms with van der Waals surface area (Å²) in [5.41, 5.74) is 2.44. The molecular formula is C17H17N3O3. The van der Waals surface area contributed by atoms with E-state index in [0.717, 1.165) is 11.3 Å². The third kappa shape index (κ3) is 3.79. The number of benzene rings is 2. The Kier molecular flexibility index (Phi) is 4.42. The van der Waals surface area contributed by atoms with Gasteiger partial charge in [-0.15, -0.1) is 0 Å². The van der Waals surface area contributed by atoms with Crippen LogP contribution in [0.15, 0.2) is 54.6 Å². The van der Waals surface area contributed by atoms with Crippen LogP contribution in [0.4, 0.5) is 21.0 Å². The molecule has 2 aromatic carbocycles. The molecule has 0 unspecified atom stereocenters. The van der Waals surface area contributed by atoms with Crippen LogP contribution in [0.3, 0.4) is 0 Å². The summed E-state index contributed by atoms with van der Waals surface area (Å²) in [7, 11) is 0. The van der Waals surface area contributed by atoms with Crippen LogP contribution in [0.2, 0.25) is 0 Å². The van der Waals surface area contributed by atoms with Crippen LogP contribution in [0.1, 0.15) is 5.56 Å². The summed E-state index contributed by atoms with van der Waals surface area (Å²) in [6.07, 6.45) is -0.341. The molecule has 6 heteroatoms. The first-order valence-electron chi connectivity index (χ1n) is 7.35. The molecule has 23 heavy (non-hydrogen) atoms. The van der Waals surface area contributed by atoms with E-state index in [1.54, 1.807) is 29.2 Å². The van der Waals surface area contributed by atoms with Gasteiger partial charge in [0.1, 0.15) is 6.61 Å². The number of anilines is 2. The topological polar surface area (TPSA) is 70.7 Å². The van der Waals surface area contributed by atoms with Gasteiger partial charge >= 0.3 is 12.1 Å². The van der Waals surface area contributed by atoms with Crippen molar-refractivity contribution in [2.24, 2.45) is 0 Å². The number of nitrogens with one attached hydrogen (secondary N) is 2. The zero-order valence-corrected chi connectivity index (χ0v) is 12.5. The summed E-state index contributed by atoms with van der Waals surface area (Å²) in [6, 6.07) is 16.5. The first kappa shape index (κ1) is 14.9. The second-order valence-corrected chi connectivity index (χ2v) is 5.11. The summed E-state index contributed by atoms with van der Waals surface area (Å²) in [5.74, 6) is 0. The van der Waals surface area contributed by atoms with Gasteiger partial charge in [0.2, 0.25) is 0 Å². The molecular weight excluding hydrogens is 294 g/mol. The highest BCUT2D eigenvalue weighted by atomic mass is 16.6. The largest absolute Gasteiger partial charge is 0.447 e. The Hall–Kier alpha value is -3.02. The summed E-state index contributed by atoms with van der Waals surface area (Å²) >= 11 is 0. The fourth-order valence-corrected chi connectivity index (χ4v) is 2.31. The molecule has 1 aliphatic heterocycles. The van der Waals surface area contributed by atoms with Crippen molar-refractivity contribution in [1.82, 2.24) is 5.32 Å². The molecule has 1 heterocycles. The molecule has 1 fully saturated rings. The van der Waals surface area contributed by atoms with E-state index in [1.165, 1.54) is 0 Å². The number of carbonyl (C=O) groups is 2. The molecule has 3 rings (SSSR count). The van der Waals surface area contributed by atoms with E-state index in [0.29, 0.717) is 25.4 Å². The first-order chi connectivity index (χ1) is 11.2. The summed E-state index contributed by atoms with van der Waals surface area (Å²) in [5, 5.41) is 5.55. The number of rotatable bonds is 4. The summed E-state index contributed by atoms with van der Waals surface area (Å²) < 4.78 is 4.90. The molecule has 0 aromatic heterocycles. The molecule has 0 saturated carbocycles. The molecule has 6 nitrogen and oxygen atoms in total. The third-order valence-corrected chi connectivity index (χ3v) is 3.49. The molecule has 0 atom stereocenters. The Balaban J connectivity index is 1.53. The highest BCUT2D eigenvalue weighted by molar-refractivity contribution is 5.91. The normalized spacial score (nSPS) is 13.6. The van der Waals surface area contributed by atoms with Crippen molar-refractivity contribution in [1.29, 1.82) is 0 Å². The van der Waals surface area contributed by atoms with Crippen molar-refractivity contribution in [2.45, 2.75) is 6.54 Å². The van der Waals surface area contributed by atoms with Gasteiger partial charge in [-0.05, 0) is 29.8 Å². The van der Waals surface area contributed by atoms with E-state index in [9.17, 15) is 9.59 Å². The van der Waals surface area contributed by atoms with Crippen LogP contribution in [0.5, 0.6) is 0 Å². The minimum absolute atomic E-state index is 0.276. The van der Waals surface area contributed by atoms with Crippen molar-refractivity contribution in [3.05, 3.63) is 60.2 Å². The highest BCUT2D eigenvalue weighted by Gasteiger charge is 2.23. The average Bonchev–Trinajstić information content (AvgIpc) is 3.01. The monoisotopic (exact) mass is 311 g/mol. The maximum atomic E-state index is 11.9. The Bertz CT molecular complexity index is 686. The minimum atomic E-state index is -0.341. The van der Waals surface area contributed by atoms with Gasteiger partial charge in [0.15, 0.2) is 0 Å². The van der Waals surface area contributed by atoms with Gasteiger partial charge in [-0.1, -0.05) is 30.3 Å². The van der Waals surface area contributed by atoms with Crippen LogP contribution in [-0.4, -0.2) is 25.3 Å². The zero-order valence-electron chi connectivity index (χ0n) is 12.5. The SMILES string of the molecule is O=C(NCc1ccccc1)Nc1ccc(N2CCOC2=O)cc1. The van der Waals surface area contributed by atoms with Gasteiger partial charge < -0.3 is 15.4 Å². The molecule has 2 N–H and O–H groups in total. The van der Waals surface area contributed by atoms with E-state index in [1.807, 2.05) is 30.3 Å². The second kappa shape index (κ2) is 6.83. The molecule has 1 aliphatic rings. The number of cyclic esters (lactones) is 1. The van der Waals surface area contributed by atoms with Crippen LogP contribution < -0.4 is 15.5 Å². The van der Waals surface area contributed by atoms with Gasteiger partial charge in [-0.25, -0.2) is 9.59 Å². The van der Waals surface area contributed by atoms with Gasteiger partial charge in [0, 0.05) is 17.9 Å². The Labute approximate surface area is 134 Å². The standard InChI is InChI=1S/C17H17N3O3/c21-16(18-12-13-4-2-1-3-5-13)19-14-6-8-15(9-7-14)20-10-11-23-17(20)22/h1-9H,10-12H2,(H2,18,19,21). The van der Waals surface area contributed by atoms with Crippen LogP contribution in [0.25, 0.3) is 0 Å². The smallest absolute Gasteiger partial charge is 0.414 e. The number of urea groups is 1. The van der Waals surface area contributed by atoms with Gasteiger partial charge in [-0.2, -0.15) is 0 Å². The van der Waals surface area contributed by atoms with E-state index in [-0.39, 0.29) is 12.1 Å². The number of amides is 3. The van der Waals surface area contributed by atoms with Crippen molar-refractivity contribution in [2.75, 3.05) is 23.4 Å². The fourth-order valence-electron chi connectivity index (χ4n) is 2.31. The number of carbonyl (C=O) groups excluding carboxylic acids is 2. The van der Waals surface area contributed by atoms with Crippen molar-refractivity contribution < 1.29 is 14.3 Å². The summed E-state index contributed by atoms with van der Waals surface area (Å²) in [6.45, 7) is 1.41. The Morgan fingerprint density at radius 1 is 1.09 bits per heavy atom. The van der Waals surface area contributed by atoms with Crippen LogP contribution >= 0.6 is 0 Å². The fraction of sp³-hybridized carbons (Fsp3) is 0.176. The maximum Gasteiger partial charge on any atom is 0.414 e. The Morgan fingerprint density at radius 3 is 2.48 bits per heavy atom. The predicted octanol–water partition coefficient (Wildman–Crippen LogP) is 2.96. The van der Waals surface area contributed by atoms with Crippen molar-refractivity contribution in [3.63, 3.8) is 0 Å². The molecule has 3 amide bonds. The lowest BCUT2D eigenvalue weighted by Gasteiger charge is -2.13. The minimum Gasteiger partial charge on any atom is -0.447 e.